The molecule has 7 heteroatoms. The minimum Gasteiger partial charge on any atom is -0.496 e. The van der Waals surface area contributed by atoms with E-state index in [0.29, 0.717) is 32.1 Å². The largest absolute Gasteiger partial charge is 0.496 e. The Balaban J connectivity index is 1.79. The highest BCUT2D eigenvalue weighted by Crippen LogP contribution is 2.33. The van der Waals surface area contributed by atoms with Crippen LogP contribution in [0.2, 0.25) is 15.1 Å². The van der Waals surface area contributed by atoms with E-state index >= 15 is 0 Å². The van der Waals surface area contributed by atoms with Gasteiger partial charge in [0, 0.05) is 21.8 Å². The van der Waals surface area contributed by atoms with Crippen molar-refractivity contribution >= 4 is 58.2 Å². The third-order valence-corrected chi connectivity index (χ3v) is 6.31. The summed E-state index contributed by atoms with van der Waals surface area (Å²) < 4.78 is 5.46. The Morgan fingerprint density at radius 3 is 2.34 bits per heavy atom. The Labute approximate surface area is 189 Å². The van der Waals surface area contributed by atoms with Gasteiger partial charge in [0.1, 0.15) is 5.75 Å². The van der Waals surface area contributed by atoms with Crippen molar-refractivity contribution in [1.29, 1.82) is 0 Å². The van der Waals surface area contributed by atoms with Crippen LogP contribution in [0.1, 0.15) is 21.5 Å². The number of benzene rings is 3. The predicted molar refractivity (Wildman–Crippen MR) is 123 cm³/mol. The SMILES string of the molecule is COc1ccc(C(=O)Nc2cc(Cl)c(Cl)cc2Cl)cc1CSc1ccc(C)cc1. The zero-order valence-corrected chi connectivity index (χ0v) is 18.8. The third-order valence-electron chi connectivity index (χ3n) is 4.22. The summed E-state index contributed by atoms with van der Waals surface area (Å²) in [6, 6.07) is 16.6. The van der Waals surface area contributed by atoms with Crippen LogP contribution in [0.3, 0.4) is 0 Å². The highest BCUT2D eigenvalue weighted by atomic mass is 35.5. The Kier molecular flexibility index (Phi) is 7.36. The van der Waals surface area contributed by atoms with Gasteiger partial charge in [0.25, 0.3) is 5.91 Å². The number of nitrogens with one attached hydrogen (secondary N) is 1. The van der Waals surface area contributed by atoms with Gasteiger partial charge in [0.15, 0.2) is 0 Å². The van der Waals surface area contributed by atoms with Crippen molar-refractivity contribution < 1.29 is 9.53 Å². The van der Waals surface area contributed by atoms with Crippen LogP contribution in [0.4, 0.5) is 5.69 Å². The number of carbonyl (C=O) groups is 1. The topological polar surface area (TPSA) is 38.3 Å². The molecule has 0 fully saturated rings. The number of rotatable bonds is 6. The summed E-state index contributed by atoms with van der Waals surface area (Å²) in [4.78, 5) is 13.9. The number of hydrogen-bond donors (Lipinski definition) is 1. The van der Waals surface area contributed by atoms with E-state index in [9.17, 15) is 4.79 Å². The van der Waals surface area contributed by atoms with E-state index < -0.39 is 0 Å². The summed E-state index contributed by atoms with van der Waals surface area (Å²) in [6.45, 7) is 2.06. The van der Waals surface area contributed by atoms with Crippen molar-refractivity contribution in [3.05, 3.63) is 86.4 Å². The van der Waals surface area contributed by atoms with Crippen molar-refractivity contribution in [1.82, 2.24) is 0 Å². The molecule has 0 aromatic heterocycles. The van der Waals surface area contributed by atoms with Crippen molar-refractivity contribution in [3.63, 3.8) is 0 Å². The van der Waals surface area contributed by atoms with Gasteiger partial charge in [-0.05, 0) is 49.4 Å². The van der Waals surface area contributed by atoms with E-state index in [1.54, 1.807) is 31.0 Å². The van der Waals surface area contributed by atoms with E-state index in [1.165, 1.54) is 17.7 Å². The second-order valence-electron chi connectivity index (χ2n) is 6.33. The molecule has 150 valence electrons. The van der Waals surface area contributed by atoms with Gasteiger partial charge < -0.3 is 10.1 Å². The fourth-order valence-electron chi connectivity index (χ4n) is 2.64. The minimum absolute atomic E-state index is 0.297. The number of thioether (sulfide) groups is 1. The molecule has 1 amide bonds. The molecule has 0 spiro atoms. The second-order valence-corrected chi connectivity index (χ2v) is 8.60. The third kappa shape index (κ3) is 5.61. The number of aryl methyl sites for hydroxylation is 1. The molecular weight excluding hydrogens is 449 g/mol. The molecular formula is C22H18Cl3NO2S. The monoisotopic (exact) mass is 465 g/mol. The van der Waals surface area contributed by atoms with E-state index in [0.717, 1.165) is 16.2 Å². The van der Waals surface area contributed by atoms with Gasteiger partial charge >= 0.3 is 0 Å². The molecule has 0 bridgehead atoms. The fourth-order valence-corrected chi connectivity index (χ4v) is 4.11. The van der Waals surface area contributed by atoms with Gasteiger partial charge in [-0.2, -0.15) is 0 Å². The Bertz CT molecular complexity index is 1040. The van der Waals surface area contributed by atoms with E-state index in [2.05, 4.69) is 36.5 Å². The fraction of sp³-hybridized carbons (Fsp3) is 0.136. The van der Waals surface area contributed by atoms with Gasteiger partial charge in [-0.25, -0.2) is 0 Å². The first-order valence-electron chi connectivity index (χ1n) is 8.69. The Morgan fingerprint density at radius 1 is 0.966 bits per heavy atom. The molecule has 3 nitrogen and oxygen atoms in total. The highest BCUT2D eigenvalue weighted by Gasteiger charge is 2.14. The Morgan fingerprint density at radius 2 is 1.66 bits per heavy atom. The molecule has 0 aliphatic rings. The molecule has 0 aliphatic heterocycles. The first-order chi connectivity index (χ1) is 13.9. The van der Waals surface area contributed by atoms with Gasteiger partial charge in [-0.1, -0.05) is 52.5 Å². The molecule has 0 saturated carbocycles. The number of hydrogen-bond acceptors (Lipinski definition) is 3. The summed E-state index contributed by atoms with van der Waals surface area (Å²) in [5.41, 5.74) is 3.03. The van der Waals surface area contributed by atoms with Crippen LogP contribution < -0.4 is 10.1 Å². The zero-order chi connectivity index (χ0) is 21.0. The van der Waals surface area contributed by atoms with Gasteiger partial charge in [-0.15, -0.1) is 11.8 Å². The van der Waals surface area contributed by atoms with Gasteiger partial charge in [-0.3, -0.25) is 4.79 Å². The maximum absolute atomic E-state index is 12.7. The van der Waals surface area contributed by atoms with Crippen LogP contribution in [0.25, 0.3) is 0 Å². The van der Waals surface area contributed by atoms with Crippen molar-refractivity contribution in [3.8, 4) is 5.75 Å². The lowest BCUT2D eigenvalue weighted by Crippen LogP contribution is -2.12. The normalized spacial score (nSPS) is 10.7. The second kappa shape index (κ2) is 9.77. The lowest BCUT2D eigenvalue weighted by molar-refractivity contribution is 0.102. The molecule has 0 radical (unpaired) electrons. The first kappa shape index (κ1) is 21.8. The smallest absolute Gasteiger partial charge is 0.255 e. The number of ether oxygens (including phenoxy) is 1. The molecule has 0 atom stereocenters. The maximum atomic E-state index is 12.7. The van der Waals surface area contributed by atoms with E-state index in [4.69, 9.17) is 39.5 Å². The summed E-state index contributed by atoms with van der Waals surface area (Å²) in [5, 5.41) is 3.74. The van der Waals surface area contributed by atoms with Crippen LogP contribution in [0.5, 0.6) is 5.75 Å². The Hall–Kier alpha value is -1.85. The molecule has 3 aromatic rings. The first-order valence-corrected chi connectivity index (χ1v) is 10.8. The summed E-state index contributed by atoms with van der Waals surface area (Å²) in [7, 11) is 1.62. The minimum atomic E-state index is -0.297. The molecule has 3 aromatic carbocycles. The lowest BCUT2D eigenvalue weighted by atomic mass is 10.1. The highest BCUT2D eigenvalue weighted by molar-refractivity contribution is 7.98. The van der Waals surface area contributed by atoms with Gasteiger partial charge in [0.2, 0.25) is 0 Å². The maximum Gasteiger partial charge on any atom is 0.255 e. The van der Waals surface area contributed by atoms with Crippen LogP contribution in [0.15, 0.2) is 59.5 Å². The molecule has 0 unspecified atom stereocenters. The number of carbonyl (C=O) groups excluding carboxylic acids is 1. The summed E-state index contributed by atoms with van der Waals surface area (Å²) >= 11 is 19.8. The van der Waals surface area contributed by atoms with Crippen molar-refractivity contribution in [2.75, 3.05) is 12.4 Å². The lowest BCUT2D eigenvalue weighted by Gasteiger charge is -2.12. The van der Waals surface area contributed by atoms with Gasteiger partial charge in [0.05, 0.1) is 27.9 Å². The average Bonchev–Trinajstić information content (AvgIpc) is 2.71. The molecule has 0 aliphatic carbocycles. The quantitative estimate of drug-likeness (QED) is 0.302. The van der Waals surface area contributed by atoms with E-state index in [-0.39, 0.29) is 5.91 Å². The average molecular weight is 467 g/mol. The van der Waals surface area contributed by atoms with Crippen LogP contribution in [-0.4, -0.2) is 13.0 Å². The van der Waals surface area contributed by atoms with Crippen LogP contribution in [-0.2, 0) is 5.75 Å². The number of amides is 1. The molecule has 3 rings (SSSR count). The number of methoxy groups -OCH3 is 1. The van der Waals surface area contributed by atoms with Crippen LogP contribution >= 0.6 is 46.6 Å². The standard InChI is InChI=1S/C22H18Cl3NO2S/c1-13-3-6-16(7-4-13)29-12-15-9-14(5-8-21(15)28-2)22(27)26-20-11-18(24)17(23)10-19(20)25/h3-11H,12H2,1-2H3,(H,26,27). The molecule has 29 heavy (non-hydrogen) atoms. The molecule has 1 N–H and O–H groups in total. The van der Waals surface area contributed by atoms with E-state index in [1.807, 2.05) is 6.07 Å². The van der Waals surface area contributed by atoms with Crippen molar-refractivity contribution in [2.45, 2.75) is 17.6 Å². The summed E-state index contributed by atoms with van der Waals surface area (Å²) in [5.74, 6) is 1.10. The predicted octanol–water partition coefficient (Wildman–Crippen LogP) is 7.51. The van der Waals surface area contributed by atoms with Crippen molar-refractivity contribution in [2.24, 2.45) is 0 Å². The summed E-state index contributed by atoms with van der Waals surface area (Å²) in [6.07, 6.45) is 0. The molecule has 0 saturated heterocycles. The number of halogens is 3. The number of anilines is 1. The van der Waals surface area contributed by atoms with Crippen LogP contribution in [0, 0.1) is 6.92 Å². The zero-order valence-electron chi connectivity index (χ0n) is 15.8. The molecule has 0 heterocycles.